The van der Waals surface area contributed by atoms with Gasteiger partial charge in [0, 0.05) is 29.8 Å². The van der Waals surface area contributed by atoms with Crippen molar-refractivity contribution in [3.63, 3.8) is 0 Å². The molecule has 0 saturated carbocycles. The minimum atomic E-state index is -0.476. The number of benzene rings is 2. The van der Waals surface area contributed by atoms with Crippen molar-refractivity contribution >= 4 is 29.1 Å². The van der Waals surface area contributed by atoms with Crippen molar-refractivity contribution in [2.75, 3.05) is 21.3 Å². The Balaban J connectivity index is 1.87. The number of hydrogen-bond donors (Lipinski definition) is 0. The molecule has 0 spiro atoms. The molecule has 0 aliphatic carbocycles. The molecule has 2 heterocycles. The highest BCUT2D eigenvalue weighted by molar-refractivity contribution is 5.83. The van der Waals surface area contributed by atoms with Crippen LogP contribution in [0.5, 0.6) is 17.2 Å². The van der Waals surface area contributed by atoms with Gasteiger partial charge in [-0.25, -0.2) is 14.6 Å². The van der Waals surface area contributed by atoms with E-state index in [0.717, 1.165) is 0 Å². The first-order valence-corrected chi connectivity index (χ1v) is 9.27. The van der Waals surface area contributed by atoms with Crippen LogP contribution in [-0.2, 0) is 0 Å². The van der Waals surface area contributed by atoms with Crippen LogP contribution < -0.4 is 14.2 Å². The number of nitrogens with zero attached hydrogens (tertiary/aromatic N) is 5. The number of rotatable bonds is 7. The monoisotopic (exact) mass is 435 g/mol. The molecular weight excluding hydrogens is 418 g/mol. The van der Waals surface area contributed by atoms with Gasteiger partial charge in [-0.1, -0.05) is 12.1 Å². The predicted octanol–water partition coefficient (Wildman–Crippen LogP) is 3.78. The van der Waals surface area contributed by atoms with E-state index < -0.39 is 4.92 Å². The second kappa shape index (κ2) is 8.68. The molecule has 2 aromatic carbocycles. The summed E-state index contributed by atoms with van der Waals surface area (Å²) in [6, 6.07) is 9.52. The van der Waals surface area contributed by atoms with E-state index in [1.807, 2.05) is 0 Å². The number of methoxy groups -OCH3 is 3. The third-order valence-corrected chi connectivity index (χ3v) is 4.63. The SMILES string of the molecule is COc1cc(OC)c(/C=C/c2nc3nonc3nc2-c2cccc([N+](=O)[O-])c2)c(OC)c1. The second-order valence-corrected chi connectivity index (χ2v) is 6.46. The van der Waals surface area contributed by atoms with Crippen molar-refractivity contribution in [2.24, 2.45) is 0 Å². The van der Waals surface area contributed by atoms with Gasteiger partial charge < -0.3 is 14.2 Å². The molecule has 11 heteroatoms. The van der Waals surface area contributed by atoms with Gasteiger partial charge in [0.2, 0.25) is 11.3 Å². The Hall–Kier alpha value is -4.54. The predicted molar refractivity (Wildman–Crippen MR) is 115 cm³/mol. The number of aromatic nitrogens is 4. The van der Waals surface area contributed by atoms with E-state index in [-0.39, 0.29) is 17.0 Å². The van der Waals surface area contributed by atoms with Crippen LogP contribution in [0.25, 0.3) is 34.7 Å². The largest absolute Gasteiger partial charge is 0.496 e. The number of nitro benzene ring substituents is 1. The Kier molecular flexibility index (Phi) is 5.62. The van der Waals surface area contributed by atoms with E-state index in [4.69, 9.17) is 18.8 Å². The maximum atomic E-state index is 11.2. The number of nitro groups is 1. The number of non-ortho nitro benzene ring substituents is 1. The molecule has 0 radical (unpaired) electrons. The Morgan fingerprint density at radius 2 is 1.62 bits per heavy atom. The van der Waals surface area contributed by atoms with Crippen LogP contribution in [0, 0.1) is 10.1 Å². The Morgan fingerprint density at radius 3 is 2.25 bits per heavy atom. The highest BCUT2D eigenvalue weighted by atomic mass is 16.6. The average Bonchev–Trinajstić information content (AvgIpc) is 3.29. The lowest BCUT2D eigenvalue weighted by molar-refractivity contribution is -0.384. The molecule has 0 atom stereocenters. The zero-order valence-corrected chi connectivity index (χ0v) is 17.3. The van der Waals surface area contributed by atoms with Gasteiger partial charge in [0.1, 0.15) is 17.2 Å². The molecule has 2 aromatic heterocycles. The molecule has 0 saturated heterocycles. The molecule has 0 unspecified atom stereocenters. The first-order valence-electron chi connectivity index (χ1n) is 9.27. The summed E-state index contributed by atoms with van der Waals surface area (Å²) in [5.41, 5.74) is 2.21. The Labute approximate surface area is 181 Å². The summed E-state index contributed by atoms with van der Waals surface area (Å²) in [6.07, 6.45) is 3.42. The van der Waals surface area contributed by atoms with Gasteiger partial charge in [-0.3, -0.25) is 10.1 Å². The van der Waals surface area contributed by atoms with Crippen molar-refractivity contribution in [2.45, 2.75) is 0 Å². The summed E-state index contributed by atoms with van der Waals surface area (Å²) in [6.45, 7) is 0. The fourth-order valence-electron chi connectivity index (χ4n) is 3.11. The third kappa shape index (κ3) is 3.90. The molecule has 0 amide bonds. The third-order valence-electron chi connectivity index (χ3n) is 4.63. The highest BCUT2D eigenvalue weighted by Gasteiger charge is 2.16. The van der Waals surface area contributed by atoms with Gasteiger partial charge in [-0.15, -0.1) is 0 Å². The number of fused-ring (bicyclic) bond motifs is 1. The molecule has 162 valence electrons. The van der Waals surface area contributed by atoms with E-state index in [0.29, 0.717) is 39.8 Å². The molecule has 11 nitrogen and oxygen atoms in total. The lowest BCUT2D eigenvalue weighted by atomic mass is 10.1. The Morgan fingerprint density at radius 1 is 0.938 bits per heavy atom. The maximum absolute atomic E-state index is 11.2. The fourth-order valence-corrected chi connectivity index (χ4v) is 3.11. The second-order valence-electron chi connectivity index (χ2n) is 6.46. The lowest BCUT2D eigenvalue weighted by Crippen LogP contribution is -1.97. The van der Waals surface area contributed by atoms with Crippen LogP contribution in [0.2, 0.25) is 0 Å². The van der Waals surface area contributed by atoms with Crippen molar-refractivity contribution in [3.8, 4) is 28.5 Å². The van der Waals surface area contributed by atoms with Crippen LogP contribution in [0.1, 0.15) is 11.3 Å². The zero-order valence-electron chi connectivity index (χ0n) is 17.3. The normalized spacial score (nSPS) is 11.1. The molecule has 4 aromatic rings. The number of ether oxygens (including phenoxy) is 3. The van der Waals surface area contributed by atoms with Gasteiger partial charge in [-0.05, 0) is 22.5 Å². The summed E-state index contributed by atoms with van der Waals surface area (Å²) >= 11 is 0. The first-order chi connectivity index (χ1) is 15.5. The quantitative estimate of drug-likeness (QED) is 0.311. The van der Waals surface area contributed by atoms with Gasteiger partial charge >= 0.3 is 0 Å². The summed E-state index contributed by atoms with van der Waals surface area (Å²) in [5, 5.41) is 18.7. The first kappa shape index (κ1) is 20.7. The summed E-state index contributed by atoms with van der Waals surface area (Å²) in [5.74, 6) is 1.61. The average molecular weight is 435 g/mol. The molecule has 0 bridgehead atoms. The molecule has 0 fully saturated rings. The topological polar surface area (TPSA) is 136 Å². The highest BCUT2D eigenvalue weighted by Crippen LogP contribution is 2.36. The Bertz CT molecular complexity index is 1310. The van der Waals surface area contributed by atoms with E-state index in [9.17, 15) is 10.1 Å². The smallest absolute Gasteiger partial charge is 0.270 e. The summed E-state index contributed by atoms with van der Waals surface area (Å²) in [4.78, 5) is 19.6. The van der Waals surface area contributed by atoms with E-state index >= 15 is 0 Å². The van der Waals surface area contributed by atoms with Gasteiger partial charge in [0.25, 0.3) is 5.69 Å². The maximum Gasteiger partial charge on any atom is 0.270 e. The van der Waals surface area contributed by atoms with E-state index in [1.54, 1.807) is 43.5 Å². The molecule has 4 rings (SSSR count). The van der Waals surface area contributed by atoms with Crippen molar-refractivity contribution in [3.05, 3.63) is 57.8 Å². The molecule has 32 heavy (non-hydrogen) atoms. The molecular formula is C21H17N5O6. The summed E-state index contributed by atoms with van der Waals surface area (Å²) < 4.78 is 20.9. The lowest BCUT2D eigenvalue weighted by Gasteiger charge is -2.12. The van der Waals surface area contributed by atoms with E-state index in [1.165, 1.54) is 26.4 Å². The van der Waals surface area contributed by atoms with Crippen LogP contribution in [0.3, 0.4) is 0 Å². The molecule has 0 N–H and O–H groups in total. The standard InChI is InChI=1S/C21H17N5O6/c1-29-14-10-17(30-2)15(18(11-14)31-3)7-8-16-19(23-21-20(22-16)24-32-25-21)12-5-4-6-13(9-12)26(27)28/h4-11H,1-3H3/b8-7+. The van der Waals surface area contributed by atoms with Crippen molar-refractivity contribution < 1.29 is 23.8 Å². The zero-order chi connectivity index (χ0) is 22.7. The minimum absolute atomic E-state index is 0.0731. The molecule has 0 aliphatic rings. The molecule has 0 aliphatic heterocycles. The van der Waals surface area contributed by atoms with Crippen LogP contribution in [0.15, 0.2) is 41.0 Å². The van der Waals surface area contributed by atoms with Crippen LogP contribution >= 0.6 is 0 Å². The van der Waals surface area contributed by atoms with Gasteiger partial charge in [0.15, 0.2) is 0 Å². The number of hydrogen-bond acceptors (Lipinski definition) is 10. The van der Waals surface area contributed by atoms with Gasteiger partial charge in [-0.2, -0.15) is 0 Å². The van der Waals surface area contributed by atoms with E-state index in [2.05, 4.69) is 20.3 Å². The van der Waals surface area contributed by atoms with Crippen LogP contribution in [0.4, 0.5) is 5.69 Å². The van der Waals surface area contributed by atoms with Crippen LogP contribution in [-0.4, -0.2) is 46.5 Å². The van der Waals surface area contributed by atoms with Gasteiger partial charge in [0.05, 0.1) is 43.2 Å². The fraction of sp³-hybridized carbons (Fsp3) is 0.143. The minimum Gasteiger partial charge on any atom is -0.496 e. The summed E-state index contributed by atoms with van der Waals surface area (Å²) in [7, 11) is 4.62. The van der Waals surface area contributed by atoms with Crippen molar-refractivity contribution in [1.29, 1.82) is 0 Å². The van der Waals surface area contributed by atoms with Crippen molar-refractivity contribution in [1.82, 2.24) is 20.3 Å².